The molecule has 29 heavy (non-hydrogen) atoms. The van der Waals surface area contributed by atoms with Gasteiger partial charge in [0.25, 0.3) is 0 Å². The van der Waals surface area contributed by atoms with Crippen LogP contribution < -0.4 is 0 Å². The summed E-state index contributed by atoms with van der Waals surface area (Å²) in [4.78, 5) is 0. The Morgan fingerprint density at radius 1 is 0.345 bits per heavy atom. The van der Waals surface area contributed by atoms with Crippen LogP contribution in [0.5, 0.6) is 0 Å². The van der Waals surface area contributed by atoms with Crippen molar-refractivity contribution in [1.29, 1.82) is 0 Å². The second-order valence-corrected chi connectivity index (χ2v) is 6.92. The van der Waals surface area contributed by atoms with Crippen molar-refractivity contribution in [1.82, 2.24) is 0 Å². The van der Waals surface area contributed by atoms with Crippen LogP contribution in [-0.2, 0) is 11.6 Å². The van der Waals surface area contributed by atoms with E-state index < -0.39 is 17.2 Å². The summed E-state index contributed by atoms with van der Waals surface area (Å²) in [6.07, 6.45) is -4.37. The summed E-state index contributed by atoms with van der Waals surface area (Å²) in [6.45, 7) is 0. The van der Waals surface area contributed by atoms with Gasteiger partial charge in [-0.2, -0.15) is 13.2 Å². The molecule has 0 unspecified atom stereocenters. The summed E-state index contributed by atoms with van der Waals surface area (Å²) < 4.78 is 39.6. The van der Waals surface area contributed by atoms with Crippen LogP contribution in [-0.4, -0.2) is 0 Å². The third kappa shape index (κ3) is 3.44. The zero-order valence-corrected chi connectivity index (χ0v) is 15.6. The lowest BCUT2D eigenvalue weighted by Crippen LogP contribution is -2.31. The van der Waals surface area contributed by atoms with Crippen LogP contribution in [0.1, 0.15) is 27.8 Å². The highest BCUT2D eigenvalue weighted by molar-refractivity contribution is 5.59. The number of alkyl halides is 3. The molecule has 0 radical (unpaired) electrons. The van der Waals surface area contributed by atoms with Crippen molar-refractivity contribution >= 4 is 0 Å². The fourth-order valence-electron chi connectivity index (χ4n) is 3.97. The first-order chi connectivity index (χ1) is 14.0. The molecule has 0 atom stereocenters. The molecule has 0 spiro atoms. The third-order valence-corrected chi connectivity index (χ3v) is 5.27. The van der Waals surface area contributed by atoms with E-state index in [0.29, 0.717) is 0 Å². The van der Waals surface area contributed by atoms with Crippen LogP contribution in [0.25, 0.3) is 0 Å². The molecule has 0 aliphatic rings. The zero-order valence-electron chi connectivity index (χ0n) is 15.6. The lowest BCUT2D eigenvalue weighted by molar-refractivity contribution is -0.137. The maximum atomic E-state index is 13.2. The van der Waals surface area contributed by atoms with Crippen LogP contribution >= 0.6 is 0 Å². The molecule has 0 aliphatic heterocycles. The molecule has 0 amide bonds. The van der Waals surface area contributed by atoms with Crippen molar-refractivity contribution in [3.05, 3.63) is 143 Å². The van der Waals surface area contributed by atoms with E-state index in [9.17, 15) is 13.2 Å². The lowest BCUT2D eigenvalue weighted by atomic mass is 9.65. The molecule has 3 heteroatoms. The highest BCUT2D eigenvalue weighted by Gasteiger charge is 2.39. The van der Waals surface area contributed by atoms with Crippen molar-refractivity contribution in [3.8, 4) is 0 Å². The van der Waals surface area contributed by atoms with E-state index in [0.717, 1.165) is 22.3 Å². The molecule has 0 heterocycles. The Labute approximate surface area is 168 Å². The number of hydrogen-bond donors (Lipinski definition) is 0. The average Bonchev–Trinajstić information content (AvgIpc) is 2.76. The first-order valence-corrected chi connectivity index (χ1v) is 9.37. The Morgan fingerprint density at radius 3 is 0.931 bits per heavy atom. The van der Waals surface area contributed by atoms with Gasteiger partial charge < -0.3 is 0 Å². The molecule has 0 nitrogen and oxygen atoms in total. The van der Waals surface area contributed by atoms with Gasteiger partial charge in [-0.3, -0.25) is 0 Å². The lowest BCUT2D eigenvalue weighted by Gasteiger charge is -2.37. The van der Waals surface area contributed by atoms with Gasteiger partial charge in [0.1, 0.15) is 0 Å². The van der Waals surface area contributed by atoms with Gasteiger partial charge >= 0.3 is 6.18 Å². The molecule has 0 aliphatic carbocycles. The molecule has 0 bridgehead atoms. The Bertz CT molecular complexity index is 955. The Morgan fingerprint density at radius 2 is 0.621 bits per heavy atom. The summed E-state index contributed by atoms with van der Waals surface area (Å²) in [6, 6.07) is 35.2. The fourth-order valence-corrected chi connectivity index (χ4v) is 3.97. The summed E-state index contributed by atoms with van der Waals surface area (Å²) in [7, 11) is 0. The smallest absolute Gasteiger partial charge is 0.166 e. The molecule has 4 rings (SSSR count). The molecule has 4 aromatic carbocycles. The summed E-state index contributed by atoms with van der Waals surface area (Å²) in [5.74, 6) is 0. The molecular weight excluding hydrogens is 369 g/mol. The number of rotatable bonds is 4. The van der Waals surface area contributed by atoms with Gasteiger partial charge in [-0.15, -0.1) is 0 Å². The topological polar surface area (TPSA) is 0 Å². The number of halogens is 3. The Hall–Kier alpha value is -3.33. The Balaban J connectivity index is 2.06. The van der Waals surface area contributed by atoms with Gasteiger partial charge in [0.2, 0.25) is 0 Å². The third-order valence-electron chi connectivity index (χ3n) is 5.27. The van der Waals surface area contributed by atoms with Crippen molar-refractivity contribution in [2.24, 2.45) is 0 Å². The quantitative estimate of drug-likeness (QED) is 0.327. The maximum Gasteiger partial charge on any atom is 0.416 e. The molecular formula is C26H19F3. The highest BCUT2D eigenvalue weighted by Crippen LogP contribution is 2.45. The van der Waals surface area contributed by atoms with E-state index >= 15 is 0 Å². The van der Waals surface area contributed by atoms with Gasteiger partial charge in [0.05, 0.1) is 11.0 Å². The maximum absolute atomic E-state index is 13.2. The van der Waals surface area contributed by atoms with Crippen molar-refractivity contribution < 1.29 is 13.2 Å². The predicted octanol–water partition coefficient (Wildman–Crippen LogP) is 7.09. The van der Waals surface area contributed by atoms with Crippen molar-refractivity contribution in [2.45, 2.75) is 11.6 Å². The Kier molecular flexibility index (Phi) is 4.98. The largest absolute Gasteiger partial charge is 0.416 e. The standard InChI is InChI=1S/C26H19F3/c27-26(28,29)24-18-16-23(17-19-24)25(20-10-4-1-5-11-20,21-12-6-2-7-13-21)22-14-8-3-9-15-22/h1-19H. The van der Waals surface area contributed by atoms with E-state index in [1.807, 2.05) is 91.0 Å². The summed E-state index contributed by atoms with van der Waals surface area (Å²) in [5.41, 5.74) is 2.40. The minimum Gasteiger partial charge on any atom is -0.166 e. The van der Waals surface area contributed by atoms with Gasteiger partial charge in [-0.1, -0.05) is 103 Å². The zero-order chi connectivity index (χ0) is 20.3. The molecule has 144 valence electrons. The van der Waals surface area contributed by atoms with Crippen molar-refractivity contribution in [2.75, 3.05) is 0 Å². The molecule has 0 saturated carbocycles. The van der Waals surface area contributed by atoms with Crippen molar-refractivity contribution in [3.63, 3.8) is 0 Å². The molecule has 0 N–H and O–H groups in total. The summed E-state index contributed by atoms with van der Waals surface area (Å²) >= 11 is 0. The number of hydrogen-bond acceptors (Lipinski definition) is 0. The van der Waals surface area contributed by atoms with Crippen LogP contribution in [0.4, 0.5) is 13.2 Å². The van der Waals surface area contributed by atoms with E-state index in [1.54, 1.807) is 12.1 Å². The van der Waals surface area contributed by atoms with E-state index in [2.05, 4.69) is 0 Å². The van der Waals surface area contributed by atoms with Gasteiger partial charge in [0, 0.05) is 0 Å². The van der Waals surface area contributed by atoms with Crippen LogP contribution in [0.3, 0.4) is 0 Å². The van der Waals surface area contributed by atoms with Crippen LogP contribution in [0, 0.1) is 0 Å². The van der Waals surface area contributed by atoms with E-state index in [1.165, 1.54) is 12.1 Å². The molecule has 0 fully saturated rings. The van der Waals surface area contributed by atoms with Gasteiger partial charge in [-0.25, -0.2) is 0 Å². The van der Waals surface area contributed by atoms with E-state index in [-0.39, 0.29) is 0 Å². The highest BCUT2D eigenvalue weighted by atomic mass is 19.4. The first kappa shape index (κ1) is 19.0. The molecule has 0 aromatic heterocycles. The minimum absolute atomic E-state index is 0.649. The molecule has 4 aromatic rings. The second-order valence-electron chi connectivity index (χ2n) is 6.92. The van der Waals surface area contributed by atoms with Gasteiger partial charge in [0.15, 0.2) is 0 Å². The minimum atomic E-state index is -4.37. The van der Waals surface area contributed by atoms with Gasteiger partial charge in [-0.05, 0) is 34.4 Å². The second kappa shape index (κ2) is 7.59. The van der Waals surface area contributed by atoms with Crippen LogP contribution in [0.2, 0.25) is 0 Å². The summed E-state index contributed by atoms with van der Waals surface area (Å²) in [5, 5.41) is 0. The predicted molar refractivity (Wildman–Crippen MR) is 110 cm³/mol. The van der Waals surface area contributed by atoms with E-state index in [4.69, 9.17) is 0 Å². The molecule has 0 saturated heterocycles. The number of benzene rings is 4. The average molecular weight is 388 g/mol. The SMILES string of the molecule is FC(F)(F)c1ccc(C(c2ccccc2)(c2ccccc2)c2ccccc2)cc1. The fraction of sp³-hybridized carbons (Fsp3) is 0.0769. The first-order valence-electron chi connectivity index (χ1n) is 9.37. The monoisotopic (exact) mass is 388 g/mol. The van der Waals surface area contributed by atoms with Crippen LogP contribution in [0.15, 0.2) is 115 Å². The normalized spacial score (nSPS) is 12.0.